The molecule has 0 N–H and O–H groups in total. The summed E-state index contributed by atoms with van der Waals surface area (Å²) in [6.45, 7) is -0.0968. The molecule has 1 amide bonds. The SMILES string of the molecule is COCC(=O)N(c1ccc(Br)cc1)[C@@H]1C=CS(=O)(=O)C1. The number of nitrogens with zero attached hydrogens (tertiary/aromatic N) is 1. The van der Waals surface area contributed by atoms with E-state index in [1.54, 1.807) is 24.3 Å². The number of rotatable bonds is 4. The van der Waals surface area contributed by atoms with Crippen LogP contribution in [-0.4, -0.2) is 39.8 Å². The van der Waals surface area contributed by atoms with Gasteiger partial charge in [0.25, 0.3) is 5.91 Å². The Bertz CT molecular complexity index is 624. The van der Waals surface area contributed by atoms with E-state index in [-0.39, 0.29) is 18.3 Å². The highest BCUT2D eigenvalue weighted by Gasteiger charge is 2.31. The van der Waals surface area contributed by atoms with Gasteiger partial charge in [0.2, 0.25) is 0 Å². The Hall–Kier alpha value is -1.18. The highest BCUT2D eigenvalue weighted by molar-refractivity contribution is 9.10. The van der Waals surface area contributed by atoms with E-state index >= 15 is 0 Å². The molecule has 2 rings (SSSR count). The van der Waals surface area contributed by atoms with Crippen LogP contribution in [0.1, 0.15) is 0 Å². The number of benzene rings is 1. The van der Waals surface area contributed by atoms with E-state index in [9.17, 15) is 13.2 Å². The third-order valence-corrected chi connectivity index (χ3v) is 4.79. The first-order valence-corrected chi connectivity index (χ1v) is 8.41. The predicted molar refractivity (Wildman–Crippen MR) is 80.2 cm³/mol. The number of amides is 1. The van der Waals surface area contributed by atoms with E-state index < -0.39 is 15.9 Å². The molecule has 0 unspecified atom stereocenters. The molecule has 0 fully saturated rings. The second-order valence-corrected chi connectivity index (χ2v) is 7.25. The zero-order valence-corrected chi connectivity index (χ0v) is 13.2. The molecular formula is C13H14BrNO4S. The summed E-state index contributed by atoms with van der Waals surface area (Å²) >= 11 is 3.33. The summed E-state index contributed by atoms with van der Waals surface area (Å²) in [6, 6.07) is 6.63. The molecule has 0 aliphatic carbocycles. The summed E-state index contributed by atoms with van der Waals surface area (Å²) in [6.07, 6.45) is 1.53. The van der Waals surface area contributed by atoms with Gasteiger partial charge in [0.1, 0.15) is 6.61 Å². The Morgan fingerprint density at radius 1 is 1.40 bits per heavy atom. The fraction of sp³-hybridized carbons (Fsp3) is 0.308. The van der Waals surface area contributed by atoms with Crippen molar-refractivity contribution < 1.29 is 17.9 Å². The average Bonchev–Trinajstić information content (AvgIpc) is 2.73. The first-order valence-electron chi connectivity index (χ1n) is 5.90. The van der Waals surface area contributed by atoms with Crippen LogP contribution in [0.2, 0.25) is 0 Å². The number of hydrogen-bond donors (Lipinski definition) is 0. The number of methoxy groups -OCH3 is 1. The molecule has 0 saturated heterocycles. The first kappa shape index (κ1) is 15.2. The Labute approximate surface area is 126 Å². The molecule has 1 aromatic carbocycles. The Balaban J connectivity index is 2.33. The van der Waals surface area contributed by atoms with Crippen LogP contribution >= 0.6 is 15.9 Å². The molecule has 1 aromatic rings. The summed E-state index contributed by atoms with van der Waals surface area (Å²) < 4.78 is 28.8. The Kier molecular flexibility index (Phi) is 4.62. The lowest BCUT2D eigenvalue weighted by atomic mass is 10.2. The molecule has 5 nitrogen and oxygen atoms in total. The van der Waals surface area contributed by atoms with Crippen molar-refractivity contribution in [1.29, 1.82) is 0 Å². The van der Waals surface area contributed by atoms with Gasteiger partial charge >= 0.3 is 0 Å². The second kappa shape index (κ2) is 6.07. The van der Waals surface area contributed by atoms with Crippen LogP contribution in [0.4, 0.5) is 5.69 Å². The van der Waals surface area contributed by atoms with Crippen molar-refractivity contribution in [2.24, 2.45) is 0 Å². The van der Waals surface area contributed by atoms with Crippen LogP contribution in [0.3, 0.4) is 0 Å². The van der Waals surface area contributed by atoms with Crippen molar-refractivity contribution in [3.8, 4) is 0 Å². The standard InChI is InChI=1S/C13H14BrNO4S/c1-19-8-13(16)15(11-4-2-10(14)3-5-11)12-6-7-20(17,18)9-12/h2-7,12H,8-9H2,1H3/t12-/m1/s1. The van der Waals surface area contributed by atoms with Crippen LogP contribution in [0.5, 0.6) is 0 Å². The predicted octanol–water partition coefficient (Wildman–Crippen LogP) is 1.74. The molecular weight excluding hydrogens is 346 g/mol. The van der Waals surface area contributed by atoms with Crippen molar-refractivity contribution >= 4 is 37.4 Å². The molecule has 0 radical (unpaired) electrons. The van der Waals surface area contributed by atoms with E-state index in [2.05, 4.69) is 15.9 Å². The van der Waals surface area contributed by atoms with E-state index in [0.29, 0.717) is 5.69 Å². The van der Waals surface area contributed by atoms with Crippen molar-refractivity contribution in [2.45, 2.75) is 6.04 Å². The molecule has 108 valence electrons. The normalized spacial score (nSPS) is 20.0. The average molecular weight is 360 g/mol. The molecule has 0 aromatic heterocycles. The van der Waals surface area contributed by atoms with Crippen LogP contribution in [0.15, 0.2) is 40.2 Å². The van der Waals surface area contributed by atoms with Gasteiger partial charge in [0, 0.05) is 22.7 Å². The van der Waals surface area contributed by atoms with Gasteiger partial charge in [-0.2, -0.15) is 0 Å². The molecule has 1 aliphatic rings. The van der Waals surface area contributed by atoms with E-state index in [1.165, 1.54) is 18.1 Å². The molecule has 1 heterocycles. The topological polar surface area (TPSA) is 63.7 Å². The van der Waals surface area contributed by atoms with Gasteiger partial charge in [0.05, 0.1) is 11.8 Å². The Morgan fingerprint density at radius 3 is 2.55 bits per heavy atom. The highest BCUT2D eigenvalue weighted by Crippen LogP contribution is 2.24. The lowest BCUT2D eigenvalue weighted by molar-refractivity contribution is -0.122. The monoisotopic (exact) mass is 359 g/mol. The van der Waals surface area contributed by atoms with Gasteiger partial charge in [-0.05, 0) is 30.3 Å². The number of carbonyl (C=O) groups excluding carboxylic acids is 1. The van der Waals surface area contributed by atoms with Gasteiger partial charge in [-0.25, -0.2) is 8.42 Å². The van der Waals surface area contributed by atoms with Crippen molar-refractivity contribution in [2.75, 3.05) is 24.4 Å². The molecule has 0 spiro atoms. The summed E-state index contributed by atoms with van der Waals surface area (Å²) in [7, 11) is -1.80. The van der Waals surface area contributed by atoms with Gasteiger partial charge < -0.3 is 9.64 Å². The van der Waals surface area contributed by atoms with Crippen LogP contribution in [-0.2, 0) is 19.4 Å². The second-order valence-electron chi connectivity index (χ2n) is 4.40. The number of ether oxygens (including phenoxy) is 1. The maximum Gasteiger partial charge on any atom is 0.253 e. The van der Waals surface area contributed by atoms with E-state index in [4.69, 9.17) is 4.74 Å². The van der Waals surface area contributed by atoms with Crippen molar-refractivity contribution in [3.63, 3.8) is 0 Å². The number of halogens is 1. The maximum atomic E-state index is 12.2. The summed E-state index contributed by atoms with van der Waals surface area (Å²) in [5.74, 6) is -0.375. The number of hydrogen-bond acceptors (Lipinski definition) is 4. The minimum atomic E-state index is -3.23. The lowest BCUT2D eigenvalue weighted by Crippen LogP contribution is -2.43. The number of sulfone groups is 1. The largest absolute Gasteiger partial charge is 0.375 e. The molecule has 0 saturated carbocycles. The molecule has 7 heteroatoms. The van der Waals surface area contributed by atoms with Gasteiger partial charge in [0.15, 0.2) is 9.84 Å². The van der Waals surface area contributed by atoms with Crippen LogP contribution < -0.4 is 4.90 Å². The van der Waals surface area contributed by atoms with Crippen LogP contribution in [0, 0.1) is 0 Å². The van der Waals surface area contributed by atoms with E-state index in [1.807, 2.05) is 0 Å². The number of carbonyl (C=O) groups is 1. The summed E-state index contributed by atoms with van der Waals surface area (Å²) in [5, 5.41) is 1.16. The zero-order chi connectivity index (χ0) is 14.8. The van der Waals surface area contributed by atoms with E-state index in [0.717, 1.165) is 9.88 Å². The summed E-state index contributed by atoms with van der Waals surface area (Å²) in [5.41, 5.74) is 0.641. The van der Waals surface area contributed by atoms with Gasteiger partial charge in [-0.3, -0.25) is 4.79 Å². The fourth-order valence-electron chi connectivity index (χ4n) is 2.04. The fourth-order valence-corrected chi connectivity index (χ4v) is 3.57. The Morgan fingerprint density at radius 2 is 2.05 bits per heavy atom. The molecule has 1 atom stereocenters. The molecule has 1 aliphatic heterocycles. The lowest BCUT2D eigenvalue weighted by Gasteiger charge is -2.27. The molecule has 20 heavy (non-hydrogen) atoms. The number of anilines is 1. The van der Waals surface area contributed by atoms with Crippen molar-refractivity contribution in [1.82, 2.24) is 0 Å². The third kappa shape index (κ3) is 3.47. The smallest absolute Gasteiger partial charge is 0.253 e. The summed E-state index contributed by atoms with van der Waals surface area (Å²) in [4.78, 5) is 13.6. The maximum absolute atomic E-state index is 12.2. The zero-order valence-electron chi connectivity index (χ0n) is 10.8. The minimum Gasteiger partial charge on any atom is -0.375 e. The van der Waals surface area contributed by atoms with Gasteiger partial charge in [-0.1, -0.05) is 15.9 Å². The van der Waals surface area contributed by atoms with Gasteiger partial charge in [-0.15, -0.1) is 0 Å². The third-order valence-electron chi connectivity index (χ3n) is 2.88. The quantitative estimate of drug-likeness (QED) is 0.821. The molecule has 0 bridgehead atoms. The van der Waals surface area contributed by atoms with Crippen LogP contribution in [0.25, 0.3) is 0 Å². The minimum absolute atomic E-state index is 0.0968. The highest BCUT2D eigenvalue weighted by atomic mass is 79.9. The first-order chi connectivity index (χ1) is 9.43. The van der Waals surface area contributed by atoms with Crippen molar-refractivity contribution in [3.05, 3.63) is 40.2 Å².